The number of rotatable bonds is 5. The molecule has 168 valence electrons. The smallest absolute Gasteiger partial charge is 0.338 e. The van der Waals surface area contributed by atoms with E-state index in [1.165, 1.54) is 0 Å². The minimum Gasteiger partial charge on any atom is -0.462 e. The van der Waals surface area contributed by atoms with Crippen molar-refractivity contribution in [1.29, 1.82) is 0 Å². The summed E-state index contributed by atoms with van der Waals surface area (Å²) in [5.74, 6) is 1.42. The molecule has 0 radical (unpaired) electrons. The van der Waals surface area contributed by atoms with E-state index in [2.05, 4.69) is 15.3 Å². The van der Waals surface area contributed by atoms with Crippen LogP contribution in [0.5, 0.6) is 0 Å². The molecule has 4 rings (SSSR count). The van der Waals surface area contributed by atoms with E-state index in [9.17, 15) is 9.59 Å². The Balaban J connectivity index is 0.00000289. The second kappa shape index (κ2) is 10.7. The van der Waals surface area contributed by atoms with Crippen LogP contribution in [-0.2, 0) is 4.74 Å². The first kappa shape index (κ1) is 23.8. The number of carbonyl (C=O) groups is 2. The van der Waals surface area contributed by atoms with Gasteiger partial charge in [-0.3, -0.25) is 4.79 Å². The number of ether oxygens (including phenoxy) is 1. The number of hydrogen-bond donors (Lipinski definition) is 1. The van der Waals surface area contributed by atoms with E-state index in [1.807, 2.05) is 41.8 Å². The fraction of sp³-hybridized carbons (Fsp3) is 0.304. The van der Waals surface area contributed by atoms with Crippen molar-refractivity contribution >= 4 is 58.5 Å². The summed E-state index contributed by atoms with van der Waals surface area (Å²) in [6, 6.07) is 10.9. The maximum Gasteiger partial charge on any atom is 0.338 e. The molecule has 1 aromatic carbocycles. The van der Waals surface area contributed by atoms with E-state index in [0.717, 1.165) is 22.6 Å². The van der Waals surface area contributed by atoms with Crippen LogP contribution in [0.15, 0.2) is 42.6 Å². The van der Waals surface area contributed by atoms with Gasteiger partial charge in [0.2, 0.25) is 0 Å². The number of halogens is 1. The second-order valence-corrected chi connectivity index (χ2v) is 8.43. The Morgan fingerprint density at radius 3 is 2.72 bits per heavy atom. The zero-order valence-electron chi connectivity index (χ0n) is 18.0. The highest BCUT2D eigenvalue weighted by Gasteiger charge is 2.23. The Kier molecular flexibility index (Phi) is 7.93. The molecular formula is C23H25ClN4O3S. The van der Waals surface area contributed by atoms with Crippen LogP contribution >= 0.6 is 24.2 Å². The maximum absolute atomic E-state index is 13.3. The van der Waals surface area contributed by atoms with Gasteiger partial charge in [0, 0.05) is 47.6 Å². The molecule has 0 bridgehead atoms. The van der Waals surface area contributed by atoms with Gasteiger partial charge in [-0.05, 0) is 44.2 Å². The van der Waals surface area contributed by atoms with Crippen LogP contribution in [0.25, 0.3) is 11.0 Å². The minimum atomic E-state index is -0.384. The third-order valence-corrected chi connectivity index (χ3v) is 5.98. The molecule has 1 amide bonds. The molecule has 3 heterocycles. The molecule has 9 heteroatoms. The van der Waals surface area contributed by atoms with E-state index in [1.54, 1.807) is 31.3 Å². The molecule has 0 aliphatic carbocycles. The van der Waals surface area contributed by atoms with E-state index in [0.29, 0.717) is 47.8 Å². The first-order valence-electron chi connectivity index (χ1n) is 10.2. The number of nitrogens with zero attached hydrogens (tertiary/aromatic N) is 3. The number of pyridine rings is 2. The van der Waals surface area contributed by atoms with Gasteiger partial charge >= 0.3 is 5.97 Å². The summed E-state index contributed by atoms with van der Waals surface area (Å²) in [6.45, 7) is 5.41. The van der Waals surface area contributed by atoms with Crippen LogP contribution in [0, 0.1) is 6.92 Å². The summed E-state index contributed by atoms with van der Waals surface area (Å²) in [5.41, 5.74) is 3.67. The highest BCUT2D eigenvalue weighted by molar-refractivity contribution is 7.99. The molecular weight excluding hydrogens is 448 g/mol. The average Bonchev–Trinajstić information content (AvgIpc) is 2.79. The average molecular weight is 473 g/mol. The zero-order chi connectivity index (χ0) is 21.8. The number of amides is 1. The molecule has 7 nitrogen and oxygen atoms in total. The van der Waals surface area contributed by atoms with Crippen molar-refractivity contribution < 1.29 is 14.3 Å². The maximum atomic E-state index is 13.3. The Hall–Kier alpha value is -2.84. The topological polar surface area (TPSA) is 84.4 Å². The number of thioether (sulfide) groups is 1. The quantitative estimate of drug-likeness (QED) is 0.548. The fourth-order valence-corrected chi connectivity index (χ4v) is 4.39. The summed E-state index contributed by atoms with van der Waals surface area (Å²) in [4.78, 5) is 36.3. The number of nitrogens with one attached hydrogen (secondary N) is 1. The number of esters is 1. The minimum absolute atomic E-state index is 0. The highest BCUT2D eigenvalue weighted by atomic mass is 35.5. The molecule has 0 spiro atoms. The predicted molar refractivity (Wildman–Crippen MR) is 130 cm³/mol. The largest absolute Gasteiger partial charge is 0.462 e. The molecule has 1 aliphatic heterocycles. The molecule has 0 unspecified atom stereocenters. The molecule has 1 aliphatic rings. The van der Waals surface area contributed by atoms with Crippen LogP contribution in [0.1, 0.15) is 33.3 Å². The van der Waals surface area contributed by atoms with Gasteiger partial charge in [-0.25, -0.2) is 14.8 Å². The van der Waals surface area contributed by atoms with Crippen LogP contribution in [0.2, 0.25) is 0 Å². The van der Waals surface area contributed by atoms with Gasteiger partial charge in [-0.2, -0.15) is 11.8 Å². The summed E-state index contributed by atoms with van der Waals surface area (Å²) in [5, 5.41) is 4.11. The Morgan fingerprint density at radius 1 is 1.19 bits per heavy atom. The van der Waals surface area contributed by atoms with Crippen LogP contribution < -0.4 is 5.32 Å². The summed E-state index contributed by atoms with van der Waals surface area (Å²) < 4.78 is 5.11. The fourth-order valence-electron chi connectivity index (χ4n) is 3.49. The first-order valence-corrected chi connectivity index (χ1v) is 11.4. The van der Waals surface area contributed by atoms with Crippen molar-refractivity contribution in [1.82, 2.24) is 14.9 Å². The SMILES string of the molecule is CCOC(=O)c1cccc(Nc2c(C(=O)N3CCSCC3)cnc3nc(C)ccc23)c1.Cl. The number of hydrogen-bond acceptors (Lipinski definition) is 7. The van der Waals surface area contributed by atoms with Gasteiger partial charge in [0.15, 0.2) is 5.65 Å². The van der Waals surface area contributed by atoms with Crippen molar-refractivity contribution in [2.75, 3.05) is 36.5 Å². The lowest BCUT2D eigenvalue weighted by Gasteiger charge is -2.27. The predicted octanol–water partition coefficient (Wildman–Crippen LogP) is 4.47. The Bertz CT molecular complexity index is 1140. The van der Waals surface area contributed by atoms with Gasteiger partial charge in [0.25, 0.3) is 5.91 Å². The molecule has 0 saturated carbocycles. The normalized spacial score (nSPS) is 13.4. The van der Waals surface area contributed by atoms with Crippen LogP contribution in [-0.4, -0.2) is 57.9 Å². The number of anilines is 2. The van der Waals surface area contributed by atoms with E-state index in [-0.39, 0.29) is 24.3 Å². The number of carbonyl (C=O) groups excluding carboxylic acids is 2. The second-order valence-electron chi connectivity index (χ2n) is 7.20. The molecule has 3 aromatic rings. The summed E-state index contributed by atoms with van der Waals surface area (Å²) in [7, 11) is 0. The van der Waals surface area contributed by atoms with Gasteiger partial charge in [-0.1, -0.05) is 6.07 Å². The number of fused-ring (bicyclic) bond motifs is 1. The monoisotopic (exact) mass is 472 g/mol. The summed E-state index contributed by atoms with van der Waals surface area (Å²) >= 11 is 1.85. The Labute approximate surface area is 197 Å². The Morgan fingerprint density at radius 2 is 1.97 bits per heavy atom. The van der Waals surface area contributed by atoms with E-state index >= 15 is 0 Å². The van der Waals surface area contributed by atoms with Crippen LogP contribution in [0.4, 0.5) is 11.4 Å². The number of benzene rings is 1. The van der Waals surface area contributed by atoms with Crippen molar-refractivity contribution in [2.24, 2.45) is 0 Å². The van der Waals surface area contributed by atoms with Gasteiger partial charge in [-0.15, -0.1) is 12.4 Å². The third kappa shape index (κ3) is 5.14. The molecule has 1 fully saturated rings. The highest BCUT2D eigenvalue weighted by Crippen LogP contribution is 2.30. The number of aromatic nitrogens is 2. The van der Waals surface area contributed by atoms with Gasteiger partial charge in [0.05, 0.1) is 23.4 Å². The van der Waals surface area contributed by atoms with Crippen molar-refractivity contribution in [2.45, 2.75) is 13.8 Å². The lowest BCUT2D eigenvalue weighted by Crippen LogP contribution is -2.38. The third-order valence-electron chi connectivity index (χ3n) is 5.04. The lowest BCUT2D eigenvalue weighted by molar-refractivity contribution is 0.0526. The molecule has 32 heavy (non-hydrogen) atoms. The number of aryl methyl sites for hydroxylation is 1. The van der Waals surface area contributed by atoms with Crippen LogP contribution in [0.3, 0.4) is 0 Å². The van der Waals surface area contributed by atoms with Gasteiger partial charge in [0.1, 0.15) is 0 Å². The van der Waals surface area contributed by atoms with E-state index < -0.39 is 0 Å². The van der Waals surface area contributed by atoms with Crippen molar-refractivity contribution in [3.05, 3.63) is 59.4 Å². The molecule has 0 atom stereocenters. The molecule has 1 saturated heterocycles. The zero-order valence-corrected chi connectivity index (χ0v) is 19.6. The van der Waals surface area contributed by atoms with Crippen molar-refractivity contribution in [3.8, 4) is 0 Å². The standard InChI is InChI=1S/C23H24N4O3S.ClH/c1-3-30-23(29)16-5-4-6-17(13-16)26-20-18-8-7-15(2)25-21(18)24-14-19(20)22(28)27-9-11-31-12-10-27;/h4-8,13-14H,3,9-12H2,1-2H3,(H,24,25,26);1H. The first-order chi connectivity index (χ1) is 15.1. The summed E-state index contributed by atoms with van der Waals surface area (Å²) in [6.07, 6.45) is 1.59. The van der Waals surface area contributed by atoms with Gasteiger partial charge < -0.3 is 15.0 Å². The molecule has 2 aromatic heterocycles. The van der Waals surface area contributed by atoms with E-state index in [4.69, 9.17) is 4.74 Å². The lowest BCUT2D eigenvalue weighted by atomic mass is 10.1. The molecule has 1 N–H and O–H groups in total. The van der Waals surface area contributed by atoms with Crippen molar-refractivity contribution in [3.63, 3.8) is 0 Å².